The van der Waals surface area contributed by atoms with Crippen molar-refractivity contribution in [2.75, 3.05) is 13.1 Å². The van der Waals surface area contributed by atoms with E-state index in [0.717, 1.165) is 25.9 Å². The lowest BCUT2D eigenvalue weighted by molar-refractivity contribution is -0.123. The number of thiophene rings is 1. The third-order valence-corrected chi connectivity index (χ3v) is 4.93. The van der Waals surface area contributed by atoms with E-state index in [4.69, 9.17) is 0 Å². The van der Waals surface area contributed by atoms with Crippen molar-refractivity contribution in [2.24, 2.45) is 0 Å². The molecule has 1 aliphatic rings. The van der Waals surface area contributed by atoms with Gasteiger partial charge in [-0.3, -0.25) is 9.69 Å². The molecule has 0 bridgehead atoms. The average Bonchev–Trinajstić information content (AvgIpc) is 2.86. The number of rotatable bonds is 7. The van der Waals surface area contributed by atoms with Crippen LogP contribution < -0.4 is 5.32 Å². The Labute approximate surface area is 126 Å². The lowest BCUT2D eigenvalue weighted by atomic mass is 10.1. The molecule has 3 nitrogen and oxygen atoms in total. The third-order valence-electron chi connectivity index (χ3n) is 3.90. The second-order valence-electron chi connectivity index (χ2n) is 5.79. The van der Waals surface area contributed by atoms with Gasteiger partial charge in [0, 0.05) is 24.0 Å². The van der Waals surface area contributed by atoms with Gasteiger partial charge < -0.3 is 5.32 Å². The van der Waals surface area contributed by atoms with Crippen molar-refractivity contribution in [3.8, 4) is 0 Å². The van der Waals surface area contributed by atoms with Crippen molar-refractivity contribution in [3.63, 3.8) is 0 Å². The summed E-state index contributed by atoms with van der Waals surface area (Å²) in [6, 6.07) is 2.49. The number of carbonyl (C=O) groups excluding carboxylic acids is 1. The van der Waals surface area contributed by atoms with E-state index in [9.17, 15) is 4.79 Å². The summed E-state index contributed by atoms with van der Waals surface area (Å²) in [5.74, 6) is 0.174. The van der Waals surface area contributed by atoms with E-state index < -0.39 is 0 Å². The Morgan fingerprint density at radius 1 is 1.50 bits per heavy atom. The van der Waals surface area contributed by atoms with Gasteiger partial charge in [0.05, 0.1) is 6.54 Å². The van der Waals surface area contributed by atoms with E-state index in [1.807, 2.05) is 11.3 Å². The van der Waals surface area contributed by atoms with E-state index in [2.05, 4.69) is 35.5 Å². The molecule has 1 aromatic heterocycles. The van der Waals surface area contributed by atoms with Gasteiger partial charge in [-0.2, -0.15) is 0 Å². The molecule has 2 heterocycles. The van der Waals surface area contributed by atoms with Gasteiger partial charge in [0.2, 0.25) is 5.91 Å². The van der Waals surface area contributed by atoms with Crippen molar-refractivity contribution in [1.82, 2.24) is 10.2 Å². The smallest absolute Gasteiger partial charge is 0.234 e. The fourth-order valence-corrected chi connectivity index (χ4v) is 3.63. The molecule has 0 spiro atoms. The second kappa shape index (κ2) is 7.79. The molecule has 1 aliphatic heterocycles. The molecule has 0 saturated heterocycles. The minimum absolute atomic E-state index is 0.174. The van der Waals surface area contributed by atoms with E-state index in [-0.39, 0.29) is 5.91 Å². The lowest BCUT2D eigenvalue weighted by Crippen LogP contribution is -2.42. The molecular formula is C16H26N2OS. The minimum atomic E-state index is 0.174. The summed E-state index contributed by atoms with van der Waals surface area (Å²) in [6.07, 6.45) is 5.88. The van der Waals surface area contributed by atoms with Crippen LogP contribution in [-0.4, -0.2) is 29.9 Å². The van der Waals surface area contributed by atoms with Crippen molar-refractivity contribution in [3.05, 3.63) is 21.9 Å². The molecule has 0 fully saturated rings. The van der Waals surface area contributed by atoms with Gasteiger partial charge >= 0.3 is 0 Å². The Balaban J connectivity index is 1.70. The monoisotopic (exact) mass is 294 g/mol. The quantitative estimate of drug-likeness (QED) is 0.783. The van der Waals surface area contributed by atoms with Crippen LogP contribution in [0.3, 0.4) is 0 Å². The van der Waals surface area contributed by atoms with Crippen LogP contribution in [0.1, 0.15) is 50.0 Å². The summed E-state index contributed by atoms with van der Waals surface area (Å²) >= 11 is 1.84. The Morgan fingerprint density at radius 3 is 3.15 bits per heavy atom. The van der Waals surface area contributed by atoms with Crippen LogP contribution in [0.2, 0.25) is 0 Å². The van der Waals surface area contributed by atoms with Crippen LogP contribution in [0.15, 0.2) is 11.4 Å². The zero-order chi connectivity index (χ0) is 14.4. The number of carbonyl (C=O) groups is 1. The van der Waals surface area contributed by atoms with Gasteiger partial charge in [-0.25, -0.2) is 0 Å². The summed E-state index contributed by atoms with van der Waals surface area (Å²) in [5.41, 5.74) is 1.41. The first kappa shape index (κ1) is 15.5. The first-order valence-electron chi connectivity index (χ1n) is 7.76. The predicted octanol–water partition coefficient (Wildman–Crippen LogP) is 3.19. The van der Waals surface area contributed by atoms with Crippen molar-refractivity contribution in [1.29, 1.82) is 0 Å². The molecule has 1 N–H and O–H groups in total. The first-order valence-corrected chi connectivity index (χ1v) is 8.64. The van der Waals surface area contributed by atoms with Crippen LogP contribution in [-0.2, 0) is 17.8 Å². The van der Waals surface area contributed by atoms with Gasteiger partial charge in [-0.15, -0.1) is 11.3 Å². The highest BCUT2D eigenvalue weighted by atomic mass is 32.1. The molecule has 112 valence electrons. The summed E-state index contributed by atoms with van der Waals surface area (Å²) in [7, 11) is 0. The number of unbranched alkanes of at least 4 members (excludes halogenated alkanes) is 2. The van der Waals surface area contributed by atoms with Gasteiger partial charge in [0.1, 0.15) is 0 Å². The van der Waals surface area contributed by atoms with Gasteiger partial charge in [0.15, 0.2) is 0 Å². The third kappa shape index (κ3) is 4.60. The molecule has 1 amide bonds. The van der Waals surface area contributed by atoms with Crippen LogP contribution in [0.5, 0.6) is 0 Å². The van der Waals surface area contributed by atoms with E-state index >= 15 is 0 Å². The highest BCUT2D eigenvalue weighted by Crippen LogP contribution is 2.23. The summed E-state index contributed by atoms with van der Waals surface area (Å²) in [6.45, 7) is 6.79. The molecule has 20 heavy (non-hydrogen) atoms. The number of nitrogens with one attached hydrogen (secondary N) is 1. The fraction of sp³-hybridized carbons (Fsp3) is 0.688. The van der Waals surface area contributed by atoms with Crippen molar-refractivity contribution < 1.29 is 4.79 Å². The van der Waals surface area contributed by atoms with Crippen LogP contribution in [0.4, 0.5) is 0 Å². The maximum atomic E-state index is 12.1. The zero-order valence-electron chi connectivity index (χ0n) is 12.7. The minimum Gasteiger partial charge on any atom is -0.353 e. The highest BCUT2D eigenvalue weighted by molar-refractivity contribution is 7.10. The zero-order valence-corrected chi connectivity index (χ0v) is 13.5. The molecule has 1 aromatic rings. The standard InChI is InChI=1S/C16H26N2OS/c1-3-4-5-6-13(2)17-16(19)12-18-9-7-15-14(11-18)8-10-20-15/h8,10,13H,3-7,9,11-12H2,1-2H3,(H,17,19). The molecule has 4 heteroatoms. The summed E-state index contributed by atoms with van der Waals surface area (Å²) < 4.78 is 0. The topological polar surface area (TPSA) is 32.3 Å². The highest BCUT2D eigenvalue weighted by Gasteiger charge is 2.19. The number of nitrogens with zero attached hydrogens (tertiary/aromatic N) is 1. The van der Waals surface area contributed by atoms with Gasteiger partial charge in [0.25, 0.3) is 0 Å². The Morgan fingerprint density at radius 2 is 2.35 bits per heavy atom. The lowest BCUT2D eigenvalue weighted by Gasteiger charge is -2.26. The molecular weight excluding hydrogens is 268 g/mol. The van der Waals surface area contributed by atoms with Gasteiger partial charge in [-0.1, -0.05) is 26.2 Å². The van der Waals surface area contributed by atoms with E-state index in [1.165, 1.54) is 29.7 Å². The van der Waals surface area contributed by atoms with Crippen molar-refractivity contribution in [2.45, 2.75) is 58.5 Å². The SMILES string of the molecule is CCCCCC(C)NC(=O)CN1CCc2sccc2C1. The largest absolute Gasteiger partial charge is 0.353 e. The molecule has 0 saturated carbocycles. The number of amides is 1. The van der Waals surface area contributed by atoms with Crippen LogP contribution in [0.25, 0.3) is 0 Å². The molecule has 0 aliphatic carbocycles. The maximum Gasteiger partial charge on any atom is 0.234 e. The summed E-state index contributed by atoms with van der Waals surface area (Å²) in [5, 5.41) is 5.28. The molecule has 2 rings (SSSR count). The number of fused-ring (bicyclic) bond motifs is 1. The van der Waals surface area contributed by atoms with E-state index in [1.54, 1.807) is 0 Å². The fourth-order valence-electron chi connectivity index (χ4n) is 2.74. The number of hydrogen-bond donors (Lipinski definition) is 1. The van der Waals surface area contributed by atoms with Crippen LogP contribution in [0, 0.1) is 0 Å². The van der Waals surface area contributed by atoms with E-state index in [0.29, 0.717) is 12.6 Å². The Bertz CT molecular complexity index is 430. The maximum absolute atomic E-state index is 12.1. The van der Waals surface area contributed by atoms with Gasteiger partial charge in [-0.05, 0) is 36.8 Å². The second-order valence-corrected chi connectivity index (χ2v) is 6.79. The molecule has 1 unspecified atom stereocenters. The average molecular weight is 294 g/mol. The summed E-state index contributed by atoms with van der Waals surface area (Å²) in [4.78, 5) is 15.8. The predicted molar refractivity (Wildman–Crippen MR) is 85.0 cm³/mol. The Hall–Kier alpha value is -0.870. The molecule has 1 atom stereocenters. The normalized spacial score (nSPS) is 16.7. The Kier molecular flexibility index (Phi) is 6.05. The number of hydrogen-bond acceptors (Lipinski definition) is 3. The van der Waals surface area contributed by atoms with Crippen molar-refractivity contribution >= 4 is 17.2 Å². The first-order chi connectivity index (χ1) is 9.69. The molecule has 0 radical (unpaired) electrons. The van der Waals surface area contributed by atoms with Crippen LogP contribution >= 0.6 is 11.3 Å². The molecule has 0 aromatic carbocycles.